The lowest BCUT2D eigenvalue weighted by Crippen LogP contribution is -2.41. The molecule has 1 aromatic rings. The van der Waals surface area contributed by atoms with Crippen molar-refractivity contribution in [3.63, 3.8) is 0 Å². The van der Waals surface area contributed by atoms with Crippen LogP contribution in [0, 0.1) is 0 Å². The lowest BCUT2D eigenvalue weighted by atomic mass is 10.0. The third-order valence-electron chi connectivity index (χ3n) is 2.87. The van der Waals surface area contributed by atoms with Crippen LogP contribution in [0.5, 0.6) is 0 Å². The lowest BCUT2D eigenvalue weighted by molar-refractivity contribution is 0.0743. The van der Waals surface area contributed by atoms with Crippen molar-refractivity contribution in [3.05, 3.63) is 23.8 Å². The van der Waals surface area contributed by atoms with Crippen LogP contribution in [0.3, 0.4) is 0 Å². The van der Waals surface area contributed by atoms with Gasteiger partial charge in [0.05, 0.1) is 13.2 Å². The molecule has 0 saturated carbocycles. The summed E-state index contributed by atoms with van der Waals surface area (Å²) in [5.74, 6) is 0. The van der Waals surface area contributed by atoms with Gasteiger partial charge in [0.15, 0.2) is 0 Å². The van der Waals surface area contributed by atoms with Gasteiger partial charge >= 0.3 is 0 Å². The molecule has 3 N–H and O–H groups in total. The maximum Gasteiger partial charge on any atom is 0.0620 e. The molecule has 0 spiro atoms. The van der Waals surface area contributed by atoms with Crippen molar-refractivity contribution in [2.24, 2.45) is 0 Å². The van der Waals surface area contributed by atoms with Gasteiger partial charge in [-0.1, -0.05) is 6.07 Å². The number of nitrogen functional groups attached to an aromatic ring is 1. The number of benzene rings is 1. The van der Waals surface area contributed by atoms with E-state index in [-0.39, 0.29) is 0 Å². The van der Waals surface area contributed by atoms with E-state index in [0.717, 1.165) is 43.2 Å². The van der Waals surface area contributed by atoms with Gasteiger partial charge in [-0.3, -0.25) is 0 Å². The molecule has 0 radical (unpaired) electrons. The van der Waals surface area contributed by atoms with Gasteiger partial charge in [-0.25, -0.2) is 0 Å². The fourth-order valence-electron chi connectivity index (χ4n) is 1.89. The first-order valence-corrected chi connectivity index (χ1v) is 6.09. The van der Waals surface area contributed by atoms with Crippen molar-refractivity contribution in [2.75, 3.05) is 25.5 Å². The molecule has 0 amide bonds. The van der Waals surface area contributed by atoms with Gasteiger partial charge in [-0.2, -0.15) is 0 Å². The standard InChI is InChI=1S/C12H18N2OS/c13-11-4-2-9(7-12(11)16)1-3-10-8-15-6-5-14-10/h2,4,7,10,14,16H,1,3,5-6,8,13H2. The molecule has 1 atom stereocenters. The van der Waals surface area contributed by atoms with Crippen molar-refractivity contribution < 1.29 is 4.74 Å². The summed E-state index contributed by atoms with van der Waals surface area (Å²) in [6.07, 6.45) is 2.13. The Labute approximate surface area is 102 Å². The molecule has 88 valence electrons. The minimum absolute atomic E-state index is 0.481. The third kappa shape index (κ3) is 3.14. The molecule has 1 heterocycles. The minimum atomic E-state index is 0.481. The zero-order valence-corrected chi connectivity index (χ0v) is 10.2. The Morgan fingerprint density at radius 1 is 1.50 bits per heavy atom. The number of hydrogen-bond donors (Lipinski definition) is 3. The van der Waals surface area contributed by atoms with E-state index in [1.165, 1.54) is 5.56 Å². The quantitative estimate of drug-likeness (QED) is 0.552. The molecule has 1 unspecified atom stereocenters. The Hall–Kier alpha value is -0.710. The fraction of sp³-hybridized carbons (Fsp3) is 0.500. The summed E-state index contributed by atoms with van der Waals surface area (Å²) < 4.78 is 5.42. The van der Waals surface area contributed by atoms with Gasteiger partial charge in [0.25, 0.3) is 0 Å². The smallest absolute Gasteiger partial charge is 0.0620 e. The lowest BCUT2D eigenvalue weighted by Gasteiger charge is -2.23. The second-order valence-electron chi connectivity index (χ2n) is 4.16. The average Bonchev–Trinajstić information content (AvgIpc) is 2.32. The first kappa shape index (κ1) is 11.8. The van der Waals surface area contributed by atoms with E-state index in [1.807, 2.05) is 12.1 Å². The number of nitrogens with one attached hydrogen (secondary N) is 1. The monoisotopic (exact) mass is 238 g/mol. The highest BCUT2D eigenvalue weighted by atomic mass is 32.1. The molecule has 1 aliphatic rings. The van der Waals surface area contributed by atoms with Crippen LogP contribution >= 0.6 is 12.6 Å². The topological polar surface area (TPSA) is 47.3 Å². The largest absolute Gasteiger partial charge is 0.398 e. The summed E-state index contributed by atoms with van der Waals surface area (Å²) in [5.41, 5.74) is 7.74. The predicted octanol–water partition coefficient (Wildman–Crippen LogP) is 1.48. The molecule has 0 aliphatic carbocycles. The predicted molar refractivity (Wildman–Crippen MR) is 69.0 cm³/mol. The number of rotatable bonds is 3. The summed E-state index contributed by atoms with van der Waals surface area (Å²) >= 11 is 4.32. The first-order chi connectivity index (χ1) is 7.75. The highest BCUT2D eigenvalue weighted by molar-refractivity contribution is 7.80. The molecule has 3 nitrogen and oxygen atoms in total. The Bertz CT molecular complexity index is 351. The Morgan fingerprint density at radius 2 is 2.38 bits per heavy atom. The number of hydrogen-bond acceptors (Lipinski definition) is 4. The highest BCUT2D eigenvalue weighted by Gasteiger charge is 2.12. The molecule has 1 aromatic carbocycles. The minimum Gasteiger partial charge on any atom is -0.398 e. The second kappa shape index (κ2) is 5.57. The SMILES string of the molecule is Nc1ccc(CCC2COCCN2)cc1S. The van der Waals surface area contributed by atoms with E-state index < -0.39 is 0 Å². The number of thiol groups is 1. The molecule has 0 bridgehead atoms. The molecule has 1 fully saturated rings. The third-order valence-corrected chi connectivity index (χ3v) is 3.26. The molecular formula is C12H18N2OS. The Morgan fingerprint density at radius 3 is 3.06 bits per heavy atom. The van der Waals surface area contributed by atoms with E-state index in [9.17, 15) is 0 Å². The van der Waals surface area contributed by atoms with Crippen LogP contribution in [-0.4, -0.2) is 25.8 Å². The van der Waals surface area contributed by atoms with Gasteiger partial charge in [-0.15, -0.1) is 12.6 Å². The number of anilines is 1. The number of ether oxygens (including phenoxy) is 1. The van der Waals surface area contributed by atoms with E-state index in [1.54, 1.807) is 0 Å². The van der Waals surface area contributed by atoms with E-state index in [0.29, 0.717) is 6.04 Å². The number of nitrogens with two attached hydrogens (primary N) is 1. The van der Waals surface area contributed by atoms with Gasteiger partial charge in [0.1, 0.15) is 0 Å². The van der Waals surface area contributed by atoms with Crippen molar-refractivity contribution in [1.82, 2.24) is 5.32 Å². The fourth-order valence-corrected chi connectivity index (χ4v) is 2.13. The first-order valence-electron chi connectivity index (χ1n) is 5.64. The molecule has 1 aliphatic heterocycles. The normalized spacial score (nSPS) is 20.9. The van der Waals surface area contributed by atoms with E-state index in [4.69, 9.17) is 10.5 Å². The zero-order valence-electron chi connectivity index (χ0n) is 9.28. The maximum absolute atomic E-state index is 5.72. The van der Waals surface area contributed by atoms with Crippen molar-refractivity contribution in [1.29, 1.82) is 0 Å². The van der Waals surface area contributed by atoms with Crippen LogP contribution in [0.2, 0.25) is 0 Å². The van der Waals surface area contributed by atoms with Gasteiger partial charge in [-0.05, 0) is 30.5 Å². The maximum atomic E-state index is 5.72. The summed E-state index contributed by atoms with van der Waals surface area (Å²) in [6.45, 7) is 2.62. The number of morpholine rings is 1. The van der Waals surface area contributed by atoms with Crippen LogP contribution in [0.25, 0.3) is 0 Å². The van der Waals surface area contributed by atoms with Crippen LogP contribution in [-0.2, 0) is 11.2 Å². The van der Waals surface area contributed by atoms with Crippen LogP contribution in [0.15, 0.2) is 23.1 Å². The Balaban J connectivity index is 1.86. The van der Waals surface area contributed by atoms with E-state index >= 15 is 0 Å². The molecule has 0 aromatic heterocycles. The summed E-state index contributed by atoms with van der Waals surface area (Å²) in [6, 6.07) is 6.51. The summed E-state index contributed by atoms with van der Waals surface area (Å²) in [5, 5.41) is 3.45. The summed E-state index contributed by atoms with van der Waals surface area (Å²) in [4.78, 5) is 0.866. The highest BCUT2D eigenvalue weighted by Crippen LogP contribution is 2.19. The van der Waals surface area contributed by atoms with Crippen LogP contribution < -0.4 is 11.1 Å². The van der Waals surface area contributed by atoms with Gasteiger partial charge in [0.2, 0.25) is 0 Å². The molecule has 2 rings (SSSR count). The van der Waals surface area contributed by atoms with Crippen molar-refractivity contribution in [2.45, 2.75) is 23.8 Å². The van der Waals surface area contributed by atoms with Crippen LogP contribution in [0.4, 0.5) is 5.69 Å². The zero-order chi connectivity index (χ0) is 11.4. The summed E-state index contributed by atoms with van der Waals surface area (Å²) in [7, 11) is 0. The van der Waals surface area contributed by atoms with Crippen molar-refractivity contribution >= 4 is 18.3 Å². The van der Waals surface area contributed by atoms with E-state index in [2.05, 4.69) is 24.0 Å². The Kier molecular flexibility index (Phi) is 4.09. The molecular weight excluding hydrogens is 220 g/mol. The van der Waals surface area contributed by atoms with Crippen molar-refractivity contribution in [3.8, 4) is 0 Å². The van der Waals surface area contributed by atoms with Gasteiger partial charge in [0, 0.05) is 23.2 Å². The second-order valence-corrected chi connectivity index (χ2v) is 4.64. The van der Waals surface area contributed by atoms with Gasteiger partial charge < -0.3 is 15.8 Å². The average molecular weight is 238 g/mol. The molecule has 1 saturated heterocycles. The van der Waals surface area contributed by atoms with Crippen LogP contribution in [0.1, 0.15) is 12.0 Å². The molecule has 4 heteroatoms. The molecule has 16 heavy (non-hydrogen) atoms. The number of aryl methyl sites for hydroxylation is 1.